The van der Waals surface area contributed by atoms with Crippen LogP contribution in [0.2, 0.25) is 0 Å². The van der Waals surface area contributed by atoms with Crippen LogP contribution in [0.15, 0.2) is 42.7 Å². The van der Waals surface area contributed by atoms with Gasteiger partial charge in [0.1, 0.15) is 17.8 Å². The van der Waals surface area contributed by atoms with E-state index in [-0.39, 0.29) is 5.91 Å². The van der Waals surface area contributed by atoms with E-state index in [1.165, 1.54) is 11.9 Å². The molecule has 1 N–H and O–H groups in total. The number of carbonyl (C=O) groups is 1. The normalized spacial score (nSPS) is 10.3. The largest absolute Gasteiger partial charge is 0.355 e. The van der Waals surface area contributed by atoms with Gasteiger partial charge in [0.05, 0.1) is 0 Å². The minimum absolute atomic E-state index is 0.141. The molecule has 2 aromatic rings. The Morgan fingerprint density at radius 3 is 2.70 bits per heavy atom. The van der Waals surface area contributed by atoms with E-state index in [0.717, 1.165) is 31.6 Å². The molecule has 1 aromatic carbocycles. The van der Waals surface area contributed by atoms with Crippen molar-refractivity contribution in [1.29, 1.82) is 0 Å². The van der Waals surface area contributed by atoms with Crippen LogP contribution in [0, 0.1) is 0 Å². The van der Waals surface area contributed by atoms with Gasteiger partial charge in [0.15, 0.2) is 0 Å². The van der Waals surface area contributed by atoms with Crippen LogP contribution >= 0.6 is 0 Å². The predicted octanol–water partition coefficient (Wildman–Crippen LogP) is 3.03. The molecule has 0 atom stereocenters. The number of unbranched alkanes of at least 4 members (excludes halogenated alkanes) is 2. The van der Waals surface area contributed by atoms with Gasteiger partial charge in [-0.2, -0.15) is 0 Å². The molecule has 0 fully saturated rings. The Bertz CT molecular complexity index is 615. The second kappa shape index (κ2) is 8.88. The molecule has 0 unspecified atom stereocenters. The Hall–Kier alpha value is -2.43. The Kier molecular flexibility index (Phi) is 6.54. The Labute approximate surface area is 137 Å². The van der Waals surface area contributed by atoms with Gasteiger partial charge in [0.25, 0.3) is 5.91 Å². The zero-order valence-corrected chi connectivity index (χ0v) is 13.8. The summed E-state index contributed by atoms with van der Waals surface area (Å²) in [4.78, 5) is 22.5. The number of hydrogen-bond donors (Lipinski definition) is 1. The molecule has 0 radical (unpaired) electrons. The number of rotatable bonds is 8. The molecular formula is C18H24N4O. The van der Waals surface area contributed by atoms with Crippen molar-refractivity contribution in [3.63, 3.8) is 0 Å². The lowest BCUT2D eigenvalue weighted by atomic mass is 10.2. The van der Waals surface area contributed by atoms with Crippen LogP contribution in [0.1, 0.15) is 42.2 Å². The van der Waals surface area contributed by atoms with Gasteiger partial charge in [-0.25, -0.2) is 9.97 Å². The van der Waals surface area contributed by atoms with Crippen molar-refractivity contribution >= 4 is 11.7 Å². The van der Waals surface area contributed by atoms with E-state index in [2.05, 4.69) is 34.3 Å². The molecule has 5 heteroatoms. The molecule has 23 heavy (non-hydrogen) atoms. The van der Waals surface area contributed by atoms with E-state index in [1.807, 2.05) is 30.1 Å². The number of amides is 1. The predicted molar refractivity (Wildman–Crippen MR) is 92.4 cm³/mol. The standard InChI is InChI=1S/C18H24N4O/c1-3-4-8-11-19-18(23)16-12-17(21-14-20-16)22(2)13-15-9-6-5-7-10-15/h5-7,9-10,12,14H,3-4,8,11,13H2,1-2H3,(H,19,23). The molecule has 1 aromatic heterocycles. The Balaban J connectivity index is 1.97. The summed E-state index contributed by atoms with van der Waals surface area (Å²) in [5.41, 5.74) is 1.60. The van der Waals surface area contributed by atoms with Crippen LogP contribution in [-0.4, -0.2) is 29.5 Å². The highest BCUT2D eigenvalue weighted by molar-refractivity contribution is 5.92. The van der Waals surface area contributed by atoms with Crippen molar-refractivity contribution in [2.75, 3.05) is 18.5 Å². The number of nitrogens with one attached hydrogen (secondary N) is 1. The minimum Gasteiger partial charge on any atom is -0.355 e. The van der Waals surface area contributed by atoms with Gasteiger partial charge in [-0.05, 0) is 12.0 Å². The monoisotopic (exact) mass is 312 g/mol. The molecule has 0 aliphatic heterocycles. The quantitative estimate of drug-likeness (QED) is 0.761. The highest BCUT2D eigenvalue weighted by Crippen LogP contribution is 2.13. The summed E-state index contributed by atoms with van der Waals surface area (Å²) in [6.07, 6.45) is 4.69. The molecule has 5 nitrogen and oxygen atoms in total. The average Bonchev–Trinajstić information content (AvgIpc) is 2.59. The number of carbonyl (C=O) groups excluding carboxylic acids is 1. The second-order valence-corrected chi connectivity index (χ2v) is 5.57. The topological polar surface area (TPSA) is 58.1 Å². The van der Waals surface area contributed by atoms with Crippen molar-refractivity contribution in [2.24, 2.45) is 0 Å². The molecular weight excluding hydrogens is 288 g/mol. The summed E-state index contributed by atoms with van der Waals surface area (Å²) >= 11 is 0. The van der Waals surface area contributed by atoms with Crippen molar-refractivity contribution in [3.8, 4) is 0 Å². The lowest BCUT2D eigenvalue weighted by Crippen LogP contribution is -2.26. The molecule has 0 aliphatic rings. The van der Waals surface area contributed by atoms with Crippen LogP contribution in [0.25, 0.3) is 0 Å². The van der Waals surface area contributed by atoms with Gasteiger partial charge in [-0.1, -0.05) is 50.1 Å². The third-order valence-electron chi connectivity index (χ3n) is 3.60. The summed E-state index contributed by atoms with van der Waals surface area (Å²) in [7, 11) is 1.96. The van der Waals surface area contributed by atoms with Crippen LogP contribution in [0.3, 0.4) is 0 Å². The number of nitrogens with zero attached hydrogens (tertiary/aromatic N) is 3. The number of anilines is 1. The van der Waals surface area contributed by atoms with Gasteiger partial charge in [0, 0.05) is 26.2 Å². The fourth-order valence-electron chi connectivity index (χ4n) is 2.29. The minimum atomic E-state index is -0.141. The molecule has 1 amide bonds. The van der Waals surface area contributed by atoms with E-state index >= 15 is 0 Å². The maximum absolute atomic E-state index is 12.1. The van der Waals surface area contributed by atoms with Crippen LogP contribution < -0.4 is 10.2 Å². The van der Waals surface area contributed by atoms with Crippen molar-refractivity contribution in [3.05, 3.63) is 54.0 Å². The third-order valence-corrected chi connectivity index (χ3v) is 3.60. The van der Waals surface area contributed by atoms with E-state index < -0.39 is 0 Å². The first-order valence-corrected chi connectivity index (χ1v) is 8.06. The smallest absolute Gasteiger partial charge is 0.270 e. The zero-order valence-electron chi connectivity index (χ0n) is 13.8. The van der Waals surface area contributed by atoms with Crippen LogP contribution in [0.5, 0.6) is 0 Å². The summed E-state index contributed by atoms with van der Waals surface area (Å²) in [6.45, 7) is 3.56. The fourth-order valence-corrected chi connectivity index (χ4v) is 2.29. The first kappa shape index (κ1) is 16.9. The van der Waals surface area contributed by atoms with E-state index in [4.69, 9.17) is 0 Å². The maximum Gasteiger partial charge on any atom is 0.270 e. The molecule has 0 aliphatic carbocycles. The highest BCUT2D eigenvalue weighted by Gasteiger charge is 2.10. The average molecular weight is 312 g/mol. The fraction of sp³-hybridized carbons (Fsp3) is 0.389. The molecule has 0 bridgehead atoms. The molecule has 1 heterocycles. The van der Waals surface area contributed by atoms with Crippen molar-refractivity contribution in [1.82, 2.24) is 15.3 Å². The van der Waals surface area contributed by atoms with Crippen molar-refractivity contribution < 1.29 is 4.79 Å². The third kappa shape index (κ3) is 5.36. The molecule has 122 valence electrons. The van der Waals surface area contributed by atoms with Gasteiger partial charge in [-0.15, -0.1) is 0 Å². The van der Waals surface area contributed by atoms with E-state index in [9.17, 15) is 4.79 Å². The van der Waals surface area contributed by atoms with Gasteiger partial charge in [-0.3, -0.25) is 4.79 Å². The highest BCUT2D eigenvalue weighted by atomic mass is 16.1. The van der Waals surface area contributed by atoms with Gasteiger partial charge < -0.3 is 10.2 Å². The Morgan fingerprint density at radius 1 is 1.17 bits per heavy atom. The lowest BCUT2D eigenvalue weighted by Gasteiger charge is -2.18. The van der Waals surface area contributed by atoms with Gasteiger partial charge in [0.2, 0.25) is 0 Å². The summed E-state index contributed by atoms with van der Waals surface area (Å²) in [5, 5.41) is 2.90. The summed E-state index contributed by atoms with van der Waals surface area (Å²) in [6, 6.07) is 11.9. The lowest BCUT2D eigenvalue weighted by molar-refractivity contribution is 0.0948. The Morgan fingerprint density at radius 2 is 1.96 bits per heavy atom. The first-order valence-electron chi connectivity index (χ1n) is 8.06. The van der Waals surface area contributed by atoms with Crippen LogP contribution in [0.4, 0.5) is 5.82 Å². The zero-order chi connectivity index (χ0) is 16.5. The SMILES string of the molecule is CCCCCNC(=O)c1cc(N(C)Cc2ccccc2)ncn1. The molecule has 0 saturated carbocycles. The first-order chi connectivity index (χ1) is 11.2. The van der Waals surface area contributed by atoms with E-state index in [0.29, 0.717) is 12.2 Å². The second-order valence-electron chi connectivity index (χ2n) is 5.57. The summed E-state index contributed by atoms with van der Waals surface area (Å²) < 4.78 is 0. The molecule has 2 rings (SSSR count). The summed E-state index contributed by atoms with van der Waals surface area (Å²) in [5.74, 6) is 0.598. The maximum atomic E-state index is 12.1. The molecule has 0 saturated heterocycles. The van der Waals surface area contributed by atoms with Crippen molar-refractivity contribution in [2.45, 2.75) is 32.7 Å². The van der Waals surface area contributed by atoms with Gasteiger partial charge >= 0.3 is 0 Å². The van der Waals surface area contributed by atoms with E-state index in [1.54, 1.807) is 6.07 Å². The van der Waals surface area contributed by atoms with Crippen LogP contribution in [-0.2, 0) is 6.54 Å². The number of benzene rings is 1. The molecule has 0 spiro atoms. The number of hydrogen-bond acceptors (Lipinski definition) is 4. The number of aromatic nitrogens is 2.